The van der Waals surface area contributed by atoms with E-state index in [0.29, 0.717) is 0 Å². The summed E-state index contributed by atoms with van der Waals surface area (Å²) in [6.45, 7) is -0.934. The minimum Gasteiger partial charge on any atom is -0.395 e. The molecule has 0 fully saturated rings. The molecule has 1 N–H and O–H groups in total. The van der Waals surface area contributed by atoms with Crippen molar-refractivity contribution >= 4 is 11.6 Å². The first-order valence-corrected chi connectivity index (χ1v) is 2.05. The molecule has 0 aliphatic heterocycles. The second-order valence-corrected chi connectivity index (χ2v) is 1.55. The van der Waals surface area contributed by atoms with Crippen LogP contribution < -0.4 is 0 Å². The van der Waals surface area contributed by atoms with Crippen LogP contribution in [0.4, 0.5) is 4.39 Å². The second kappa shape index (κ2) is 3.37. The van der Waals surface area contributed by atoms with E-state index in [4.69, 9.17) is 16.7 Å². The predicted octanol–water partition coefficient (Wildman–Crippen LogP) is 0.556. The van der Waals surface area contributed by atoms with E-state index >= 15 is 0 Å². The van der Waals surface area contributed by atoms with Crippen molar-refractivity contribution in [2.24, 2.45) is 0 Å². The van der Waals surface area contributed by atoms with Gasteiger partial charge in [-0.15, -0.1) is 11.6 Å². The number of hydrogen-bond donors (Lipinski definition) is 1. The maximum absolute atomic E-state index is 11.1. The molecule has 0 saturated carbocycles. The molecule has 0 aliphatic rings. The van der Waals surface area contributed by atoms with Gasteiger partial charge in [-0.25, -0.2) is 4.39 Å². The topological polar surface area (TPSA) is 20.2 Å². The SMILES string of the molecule is OCC(Cl)CF. The third kappa shape index (κ3) is 2.42. The largest absolute Gasteiger partial charge is 0.395 e. The van der Waals surface area contributed by atoms with Crippen LogP contribution in [0, 0.1) is 0 Å². The van der Waals surface area contributed by atoms with E-state index in [9.17, 15) is 4.39 Å². The van der Waals surface area contributed by atoms with Gasteiger partial charge < -0.3 is 5.11 Å². The zero-order valence-corrected chi connectivity index (χ0v) is 3.95. The number of alkyl halides is 2. The molecule has 0 heterocycles. The lowest BCUT2D eigenvalue weighted by Gasteiger charge is -1.92. The van der Waals surface area contributed by atoms with Crippen LogP contribution in [0.1, 0.15) is 0 Å². The van der Waals surface area contributed by atoms with Crippen LogP contribution in [0.15, 0.2) is 0 Å². The molecule has 0 radical (unpaired) electrons. The number of rotatable bonds is 2. The molecule has 1 atom stereocenters. The smallest absolute Gasteiger partial charge is 0.108 e. The first-order chi connectivity index (χ1) is 2.81. The average molecular weight is 113 g/mol. The van der Waals surface area contributed by atoms with Gasteiger partial charge in [0.2, 0.25) is 0 Å². The van der Waals surface area contributed by atoms with Crippen LogP contribution in [0.3, 0.4) is 0 Å². The van der Waals surface area contributed by atoms with E-state index in [2.05, 4.69) is 0 Å². The van der Waals surface area contributed by atoms with Crippen LogP contribution in [0.25, 0.3) is 0 Å². The summed E-state index contributed by atoms with van der Waals surface area (Å²) in [6, 6.07) is 0. The molecule has 0 aliphatic carbocycles. The van der Waals surface area contributed by atoms with Crippen molar-refractivity contribution in [3.8, 4) is 0 Å². The van der Waals surface area contributed by atoms with E-state index < -0.39 is 12.1 Å². The molecule has 38 valence electrons. The lowest BCUT2D eigenvalue weighted by Crippen LogP contribution is -2.05. The van der Waals surface area contributed by atoms with Gasteiger partial charge in [-0.3, -0.25) is 0 Å². The molecule has 0 bridgehead atoms. The highest BCUT2D eigenvalue weighted by Gasteiger charge is 1.96. The van der Waals surface area contributed by atoms with Crippen LogP contribution in [-0.4, -0.2) is 23.8 Å². The van der Waals surface area contributed by atoms with E-state index in [1.54, 1.807) is 0 Å². The van der Waals surface area contributed by atoms with Crippen LogP contribution >= 0.6 is 11.6 Å². The molecule has 0 aromatic carbocycles. The van der Waals surface area contributed by atoms with Gasteiger partial charge in [-0.1, -0.05) is 0 Å². The highest BCUT2D eigenvalue weighted by Crippen LogP contribution is 1.91. The van der Waals surface area contributed by atoms with E-state index in [-0.39, 0.29) is 6.61 Å². The van der Waals surface area contributed by atoms with E-state index in [1.807, 2.05) is 0 Å². The van der Waals surface area contributed by atoms with Crippen LogP contribution in [0.5, 0.6) is 0 Å². The molecule has 0 amide bonds. The maximum atomic E-state index is 11.1. The molecule has 0 rings (SSSR count). The number of aliphatic hydroxyl groups excluding tert-OH is 1. The molecule has 1 unspecified atom stereocenters. The number of hydrogen-bond acceptors (Lipinski definition) is 1. The van der Waals surface area contributed by atoms with Crippen molar-refractivity contribution in [1.29, 1.82) is 0 Å². The van der Waals surface area contributed by atoms with E-state index in [0.717, 1.165) is 0 Å². The summed E-state index contributed by atoms with van der Waals surface area (Å²) in [5, 5.41) is 7.26. The fourth-order valence-electron chi connectivity index (χ4n) is 0.0488. The minimum absolute atomic E-state index is 0.280. The van der Waals surface area contributed by atoms with Gasteiger partial charge in [-0.2, -0.15) is 0 Å². The Hall–Kier alpha value is 0.180. The Labute approximate surface area is 40.7 Å². The van der Waals surface area contributed by atoms with E-state index in [1.165, 1.54) is 0 Å². The molecular formula is C3H6ClFO. The summed E-state index contributed by atoms with van der Waals surface area (Å²) in [5.74, 6) is 0. The minimum atomic E-state index is -0.704. The van der Waals surface area contributed by atoms with Crippen molar-refractivity contribution in [2.75, 3.05) is 13.3 Å². The molecule has 6 heavy (non-hydrogen) atoms. The Morgan fingerprint density at radius 2 is 2.33 bits per heavy atom. The zero-order chi connectivity index (χ0) is 4.99. The first-order valence-electron chi connectivity index (χ1n) is 1.62. The van der Waals surface area contributed by atoms with Crippen molar-refractivity contribution < 1.29 is 9.50 Å². The van der Waals surface area contributed by atoms with Gasteiger partial charge in [0, 0.05) is 0 Å². The Balaban J connectivity index is 2.75. The predicted molar refractivity (Wildman–Crippen MR) is 22.7 cm³/mol. The third-order valence-corrected chi connectivity index (χ3v) is 0.620. The standard InChI is InChI=1S/C3H6ClFO/c4-3(1-5)2-6/h3,6H,1-2H2. The average Bonchev–Trinajstić information content (AvgIpc) is 1.65. The molecule has 1 nitrogen and oxygen atoms in total. The Kier molecular flexibility index (Phi) is 3.47. The van der Waals surface area contributed by atoms with Crippen LogP contribution in [-0.2, 0) is 0 Å². The van der Waals surface area contributed by atoms with Gasteiger partial charge in [0.25, 0.3) is 0 Å². The summed E-state index contributed by atoms with van der Waals surface area (Å²) in [5.41, 5.74) is 0. The number of halogens is 2. The van der Waals surface area contributed by atoms with Gasteiger partial charge >= 0.3 is 0 Å². The Morgan fingerprint density at radius 1 is 1.83 bits per heavy atom. The fraction of sp³-hybridized carbons (Fsp3) is 1.00. The maximum Gasteiger partial charge on any atom is 0.108 e. The molecule has 0 aromatic heterocycles. The first kappa shape index (κ1) is 6.18. The van der Waals surface area contributed by atoms with Gasteiger partial charge in [-0.05, 0) is 0 Å². The number of aliphatic hydroxyl groups is 1. The summed E-state index contributed by atoms with van der Waals surface area (Å²) in [7, 11) is 0. The molecule has 0 aromatic rings. The molecule has 3 heteroatoms. The highest BCUT2D eigenvalue weighted by molar-refractivity contribution is 6.20. The molecule has 0 saturated heterocycles. The second-order valence-electron chi connectivity index (χ2n) is 0.934. The monoisotopic (exact) mass is 112 g/mol. The summed E-state index contributed by atoms with van der Waals surface area (Å²) >= 11 is 5.02. The van der Waals surface area contributed by atoms with Crippen molar-refractivity contribution in [2.45, 2.75) is 5.38 Å². The Bertz CT molecular complexity index is 30.0. The van der Waals surface area contributed by atoms with Crippen molar-refractivity contribution in [3.63, 3.8) is 0 Å². The highest BCUT2D eigenvalue weighted by atomic mass is 35.5. The fourth-order valence-corrected chi connectivity index (χ4v) is 0.0488. The van der Waals surface area contributed by atoms with Crippen LogP contribution in [0.2, 0.25) is 0 Å². The van der Waals surface area contributed by atoms with Crippen molar-refractivity contribution in [1.82, 2.24) is 0 Å². The summed E-state index contributed by atoms with van der Waals surface area (Å²) < 4.78 is 11.1. The molecule has 0 spiro atoms. The Morgan fingerprint density at radius 3 is 2.33 bits per heavy atom. The summed E-state index contributed by atoms with van der Waals surface area (Å²) in [4.78, 5) is 0. The summed E-state index contributed by atoms with van der Waals surface area (Å²) in [6.07, 6.45) is 0. The normalized spacial score (nSPS) is 14.5. The van der Waals surface area contributed by atoms with Crippen molar-refractivity contribution in [3.05, 3.63) is 0 Å². The van der Waals surface area contributed by atoms with Gasteiger partial charge in [0.15, 0.2) is 0 Å². The van der Waals surface area contributed by atoms with Gasteiger partial charge in [0.05, 0.1) is 12.0 Å². The lowest BCUT2D eigenvalue weighted by atomic mass is 10.5. The van der Waals surface area contributed by atoms with Gasteiger partial charge in [0.1, 0.15) is 6.67 Å². The third-order valence-electron chi connectivity index (χ3n) is 0.366. The lowest BCUT2D eigenvalue weighted by molar-refractivity contribution is 0.273. The quantitative estimate of drug-likeness (QED) is 0.518. The molecular weight excluding hydrogens is 106 g/mol. The zero-order valence-electron chi connectivity index (χ0n) is 3.19.